The normalized spacial score (nSPS) is 26.7. The lowest BCUT2D eigenvalue weighted by atomic mass is 9.76. The van der Waals surface area contributed by atoms with Crippen LogP contribution in [0.5, 0.6) is 11.5 Å². The minimum Gasteiger partial charge on any atom is -0.493 e. The van der Waals surface area contributed by atoms with Gasteiger partial charge in [-0.05, 0) is 35.9 Å². The second kappa shape index (κ2) is 9.03. The molecule has 36 heavy (non-hydrogen) atoms. The molecule has 11 heteroatoms. The minimum absolute atomic E-state index is 0.113. The van der Waals surface area contributed by atoms with Crippen molar-refractivity contribution in [1.82, 2.24) is 4.90 Å². The first-order valence-electron chi connectivity index (χ1n) is 11.7. The number of alkyl halides is 2. The standard InChI is InChI=1S/C25H24B2F3NO5/c1-33-20-9-16(5-6-19(20)34-14-15-11-23(29,30)12-15)22(32)31-8-7-24(17-3-2-4-18(28)10-17)21(13-31)35-25(26,27)36-24/h2-6,9-10,15,21H,7-8,11-14H2,1H3/t21-,24-/m1/s1. The van der Waals surface area contributed by atoms with Gasteiger partial charge in [0.25, 0.3) is 5.91 Å². The highest BCUT2D eigenvalue weighted by Crippen LogP contribution is 2.47. The first-order valence-corrected chi connectivity index (χ1v) is 11.7. The molecule has 2 heterocycles. The van der Waals surface area contributed by atoms with Crippen LogP contribution in [-0.2, 0) is 15.1 Å². The molecule has 3 fully saturated rings. The molecule has 1 saturated carbocycles. The Hall–Kier alpha value is -2.65. The van der Waals surface area contributed by atoms with E-state index < -0.39 is 29.0 Å². The maximum absolute atomic E-state index is 14.0. The fourth-order valence-corrected chi connectivity index (χ4v) is 5.22. The van der Waals surface area contributed by atoms with E-state index in [0.29, 0.717) is 22.6 Å². The van der Waals surface area contributed by atoms with Crippen molar-refractivity contribution in [2.45, 2.75) is 42.5 Å². The third-order valence-electron chi connectivity index (χ3n) is 6.99. The Morgan fingerprint density at radius 2 is 1.94 bits per heavy atom. The van der Waals surface area contributed by atoms with E-state index in [1.165, 1.54) is 19.2 Å². The second-order valence-electron chi connectivity index (χ2n) is 9.64. The zero-order valence-electron chi connectivity index (χ0n) is 19.7. The Balaban J connectivity index is 1.30. The Morgan fingerprint density at radius 3 is 2.64 bits per heavy atom. The number of hydrogen-bond donors (Lipinski definition) is 0. The Labute approximate surface area is 209 Å². The van der Waals surface area contributed by atoms with Gasteiger partial charge >= 0.3 is 0 Å². The quantitative estimate of drug-likeness (QED) is 0.574. The predicted octanol–water partition coefficient (Wildman–Crippen LogP) is 3.36. The molecule has 2 atom stereocenters. The van der Waals surface area contributed by atoms with E-state index in [9.17, 15) is 18.0 Å². The van der Waals surface area contributed by atoms with Gasteiger partial charge in [-0.25, -0.2) is 13.2 Å². The topological polar surface area (TPSA) is 57.2 Å². The number of likely N-dealkylation sites (tertiary alicyclic amines) is 1. The molecule has 0 bridgehead atoms. The smallest absolute Gasteiger partial charge is 0.254 e. The lowest BCUT2D eigenvalue weighted by molar-refractivity contribution is -0.119. The van der Waals surface area contributed by atoms with Crippen molar-refractivity contribution in [2.75, 3.05) is 26.8 Å². The van der Waals surface area contributed by atoms with Crippen LogP contribution in [0.15, 0.2) is 42.5 Å². The third-order valence-corrected chi connectivity index (χ3v) is 6.99. The predicted molar refractivity (Wildman–Crippen MR) is 125 cm³/mol. The molecule has 1 aliphatic carbocycles. The number of benzene rings is 2. The van der Waals surface area contributed by atoms with E-state index in [1.807, 2.05) is 0 Å². The SMILES string of the molecule is [B]C1([B])O[C@@H]2CN(C(=O)c3ccc(OCC4CC(F)(F)C4)c(OC)c3)CC[C@]2(c2cccc(F)c2)O1. The molecule has 186 valence electrons. The highest BCUT2D eigenvalue weighted by Gasteiger charge is 2.56. The van der Waals surface area contributed by atoms with E-state index in [2.05, 4.69) is 0 Å². The fraction of sp³-hybridized carbons (Fsp3) is 0.480. The molecule has 4 radical (unpaired) electrons. The van der Waals surface area contributed by atoms with Gasteiger partial charge in [-0.1, -0.05) is 12.1 Å². The number of carbonyl (C=O) groups excluding carboxylic acids is 1. The zero-order chi connectivity index (χ0) is 25.7. The van der Waals surface area contributed by atoms with Crippen LogP contribution in [0.1, 0.15) is 35.2 Å². The Morgan fingerprint density at radius 1 is 1.17 bits per heavy atom. The molecule has 2 saturated heterocycles. The Kier molecular flexibility index (Phi) is 6.27. The highest BCUT2D eigenvalue weighted by molar-refractivity contribution is 6.38. The van der Waals surface area contributed by atoms with Gasteiger partial charge in [0.05, 0.1) is 25.8 Å². The largest absolute Gasteiger partial charge is 0.493 e. The Bertz CT molecular complexity index is 1160. The number of halogens is 3. The van der Waals surface area contributed by atoms with Gasteiger partial charge in [-0.15, -0.1) is 0 Å². The zero-order valence-corrected chi connectivity index (χ0v) is 19.7. The van der Waals surface area contributed by atoms with Crippen molar-refractivity contribution in [1.29, 1.82) is 0 Å². The second-order valence-corrected chi connectivity index (χ2v) is 9.64. The summed E-state index contributed by atoms with van der Waals surface area (Å²) in [6.07, 6.45) is -0.833. The van der Waals surface area contributed by atoms with Crippen molar-refractivity contribution >= 4 is 21.6 Å². The van der Waals surface area contributed by atoms with Crippen LogP contribution in [0, 0.1) is 11.7 Å². The summed E-state index contributed by atoms with van der Waals surface area (Å²) >= 11 is 0. The van der Waals surface area contributed by atoms with E-state index >= 15 is 0 Å². The van der Waals surface area contributed by atoms with Crippen molar-refractivity contribution in [3.8, 4) is 11.5 Å². The number of hydrogen-bond acceptors (Lipinski definition) is 5. The van der Waals surface area contributed by atoms with E-state index in [-0.39, 0.29) is 50.8 Å². The number of rotatable bonds is 6. The monoisotopic (exact) mass is 497 g/mol. The summed E-state index contributed by atoms with van der Waals surface area (Å²) in [7, 11) is 13.3. The lowest BCUT2D eigenvalue weighted by Gasteiger charge is -2.42. The van der Waals surface area contributed by atoms with E-state index in [1.54, 1.807) is 35.2 Å². The van der Waals surface area contributed by atoms with Gasteiger partial charge in [0.1, 0.15) is 33.2 Å². The van der Waals surface area contributed by atoms with Crippen LogP contribution in [0.3, 0.4) is 0 Å². The molecule has 0 unspecified atom stereocenters. The van der Waals surface area contributed by atoms with Crippen molar-refractivity contribution in [3.63, 3.8) is 0 Å². The van der Waals surface area contributed by atoms with Gasteiger partial charge in [0.15, 0.2) is 11.5 Å². The fourth-order valence-electron chi connectivity index (χ4n) is 5.22. The lowest BCUT2D eigenvalue weighted by Crippen LogP contribution is -2.53. The number of methoxy groups -OCH3 is 1. The molecular weight excluding hydrogens is 473 g/mol. The molecule has 6 nitrogen and oxygen atoms in total. The van der Waals surface area contributed by atoms with Gasteiger partial charge in [0.2, 0.25) is 5.92 Å². The molecule has 1 amide bonds. The van der Waals surface area contributed by atoms with Gasteiger partial charge in [-0.3, -0.25) is 4.79 Å². The number of amides is 1. The molecule has 2 aromatic carbocycles. The van der Waals surface area contributed by atoms with Crippen LogP contribution in [0.2, 0.25) is 0 Å². The summed E-state index contributed by atoms with van der Waals surface area (Å²) in [5.74, 6) is -2.87. The first-order chi connectivity index (χ1) is 17.0. The van der Waals surface area contributed by atoms with Crippen LogP contribution in [0.4, 0.5) is 13.2 Å². The molecule has 0 spiro atoms. The van der Waals surface area contributed by atoms with E-state index in [0.717, 1.165) is 0 Å². The number of piperidine rings is 1. The van der Waals surface area contributed by atoms with Crippen LogP contribution in [-0.4, -0.2) is 70.9 Å². The van der Waals surface area contributed by atoms with Crippen molar-refractivity contribution < 1.29 is 36.9 Å². The summed E-state index contributed by atoms with van der Waals surface area (Å²) in [4.78, 5) is 14.9. The van der Waals surface area contributed by atoms with Crippen LogP contribution >= 0.6 is 0 Å². The van der Waals surface area contributed by atoms with Gasteiger partial charge < -0.3 is 23.8 Å². The summed E-state index contributed by atoms with van der Waals surface area (Å²) < 4.78 is 62.8. The highest BCUT2D eigenvalue weighted by atomic mass is 19.3. The third kappa shape index (κ3) is 4.70. The molecule has 0 aromatic heterocycles. The maximum atomic E-state index is 14.0. The molecule has 2 aromatic rings. The average molecular weight is 497 g/mol. The number of carbonyl (C=O) groups is 1. The number of ether oxygens (including phenoxy) is 4. The summed E-state index contributed by atoms with van der Waals surface area (Å²) in [5, 5.41) is 0. The van der Waals surface area contributed by atoms with Crippen LogP contribution in [0.25, 0.3) is 0 Å². The summed E-state index contributed by atoms with van der Waals surface area (Å²) in [6, 6.07) is 10.7. The number of nitrogens with zero attached hydrogens (tertiary/aromatic N) is 1. The molecular formula is C25H24B2F3NO5. The van der Waals surface area contributed by atoms with Crippen LogP contribution < -0.4 is 9.47 Å². The van der Waals surface area contributed by atoms with Crippen molar-refractivity contribution in [3.05, 3.63) is 59.4 Å². The average Bonchev–Trinajstić information content (AvgIpc) is 3.11. The molecule has 0 N–H and O–H groups in total. The summed E-state index contributed by atoms with van der Waals surface area (Å²) in [5.41, 5.74) is -2.11. The first kappa shape index (κ1) is 25.0. The van der Waals surface area contributed by atoms with Gasteiger partial charge in [0, 0.05) is 37.3 Å². The maximum Gasteiger partial charge on any atom is 0.254 e. The molecule has 2 aliphatic heterocycles. The molecule has 3 aliphatic rings. The summed E-state index contributed by atoms with van der Waals surface area (Å²) in [6.45, 7) is 0.538. The van der Waals surface area contributed by atoms with E-state index in [4.69, 9.17) is 34.6 Å². The minimum atomic E-state index is -2.61. The van der Waals surface area contributed by atoms with Gasteiger partial charge in [-0.2, -0.15) is 0 Å². The molecule has 5 rings (SSSR count). The number of fused-ring (bicyclic) bond motifs is 1. The van der Waals surface area contributed by atoms with Crippen molar-refractivity contribution in [2.24, 2.45) is 5.92 Å².